The smallest absolute Gasteiger partial charge is 0.267 e. The number of rotatable bonds is 11. The maximum Gasteiger partial charge on any atom is 0.267 e. The highest BCUT2D eigenvalue weighted by Gasteiger charge is 2.18. The molecule has 3 rings (SSSR count). The Morgan fingerprint density at radius 3 is 2.58 bits per heavy atom. The highest BCUT2D eigenvalue weighted by atomic mass is 19.1. The van der Waals surface area contributed by atoms with Gasteiger partial charge in [0, 0.05) is 35.9 Å². The number of methoxy groups -OCH3 is 1. The lowest BCUT2D eigenvalue weighted by Crippen LogP contribution is -2.13. The molecule has 0 atom stereocenters. The molecule has 2 aromatic heterocycles. The lowest BCUT2D eigenvalue weighted by Gasteiger charge is -2.08. The van der Waals surface area contributed by atoms with Crippen molar-refractivity contribution < 1.29 is 32.9 Å². The van der Waals surface area contributed by atoms with Gasteiger partial charge in [0.05, 0.1) is 39.6 Å². The number of amides is 1. The molecule has 3 N–H and O–H groups in total. The summed E-state index contributed by atoms with van der Waals surface area (Å²) in [6.45, 7) is 1.75. The molecule has 8 nitrogen and oxygen atoms in total. The van der Waals surface area contributed by atoms with Gasteiger partial charge in [-0.1, -0.05) is 6.07 Å². The zero-order valence-corrected chi connectivity index (χ0v) is 16.9. The number of fused-ring (bicyclic) bond motifs is 1. The zero-order chi connectivity index (χ0) is 22.4. The molecule has 1 amide bonds. The van der Waals surface area contributed by atoms with Crippen LogP contribution in [0.5, 0.6) is 5.88 Å². The van der Waals surface area contributed by atoms with E-state index in [1.165, 1.54) is 12.1 Å². The van der Waals surface area contributed by atoms with E-state index in [0.29, 0.717) is 37.4 Å². The number of aromatic hydroxyl groups is 1. The van der Waals surface area contributed by atoms with E-state index in [1.807, 2.05) is 0 Å². The Bertz CT molecular complexity index is 1070. The Labute approximate surface area is 177 Å². The molecule has 0 saturated carbocycles. The number of carbonyl (C=O) groups is 1. The minimum atomic E-state index is -0.798. The molecule has 0 saturated heterocycles. The Hall–Kier alpha value is -3.08. The molecule has 3 aromatic rings. The van der Waals surface area contributed by atoms with Gasteiger partial charge >= 0.3 is 0 Å². The van der Waals surface area contributed by atoms with Crippen molar-refractivity contribution in [3.63, 3.8) is 0 Å². The summed E-state index contributed by atoms with van der Waals surface area (Å²) in [4.78, 5) is 15.4. The number of hydrogen-bond acceptors (Lipinski definition) is 6. The molecule has 166 valence electrons. The third kappa shape index (κ3) is 5.54. The molecule has 0 aliphatic carbocycles. The van der Waals surface area contributed by atoms with Crippen LogP contribution in [0.15, 0.2) is 30.5 Å². The number of ether oxygens (including phenoxy) is 3. The van der Waals surface area contributed by atoms with Crippen molar-refractivity contribution in [2.45, 2.75) is 13.2 Å². The predicted octanol–water partition coefficient (Wildman–Crippen LogP) is 2.35. The second-order valence-electron chi connectivity index (χ2n) is 6.77. The first-order valence-corrected chi connectivity index (χ1v) is 9.50. The minimum Gasteiger partial charge on any atom is -0.492 e. The summed E-state index contributed by atoms with van der Waals surface area (Å²) in [5.74, 6) is -2.62. The van der Waals surface area contributed by atoms with Crippen LogP contribution in [0.2, 0.25) is 0 Å². The molecular weight excluding hydrogens is 412 g/mol. The van der Waals surface area contributed by atoms with Gasteiger partial charge in [-0.2, -0.15) is 0 Å². The molecule has 31 heavy (non-hydrogen) atoms. The van der Waals surface area contributed by atoms with Crippen LogP contribution < -0.4 is 5.73 Å². The van der Waals surface area contributed by atoms with E-state index in [2.05, 4.69) is 4.98 Å². The summed E-state index contributed by atoms with van der Waals surface area (Å²) in [6, 6.07) is 4.72. The highest BCUT2D eigenvalue weighted by Crippen LogP contribution is 2.30. The van der Waals surface area contributed by atoms with Crippen LogP contribution in [0.4, 0.5) is 8.78 Å². The van der Waals surface area contributed by atoms with Crippen molar-refractivity contribution in [1.82, 2.24) is 9.55 Å². The molecule has 0 fully saturated rings. The standard InChI is InChI=1S/C21H23F2N3O5/c1-29-4-5-30-6-7-31-12-14-11-26(10-13-2-3-15(22)8-17(13)23)19-16(14)9-18(20(24)27)25-21(19)28/h2-3,8-9,11H,4-7,10,12H2,1H3,(H2,24,27)(H,25,28). The third-order valence-corrected chi connectivity index (χ3v) is 4.59. The van der Waals surface area contributed by atoms with Gasteiger partial charge in [0.15, 0.2) is 0 Å². The number of primary amides is 1. The number of pyridine rings is 1. The number of halogens is 2. The predicted molar refractivity (Wildman–Crippen MR) is 108 cm³/mol. The van der Waals surface area contributed by atoms with Crippen LogP contribution in [-0.2, 0) is 27.4 Å². The largest absolute Gasteiger partial charge is 0.492 e. The van der Waals surface area contributed by atoms with Gasteiger partial charge in [0.25, 0.3) is 5.91 Å². The van der Waals surface area contributed by atoms with Gasteiger partial charge in [-0.15, -0.1) is 0 Å². The van der Waals surface area contributed by atoms with Crippen LogP contribution in [0.3, 0.4) is 0 Å². The lowest BCUT2D eigenvalue weighted by molar-refractivity contribution is 0.0202. The average Bonchev–Trinajstić information content (AvgIpc) is 3.07. The second-order valence-corrected chi connectivity index (χ2v) is 6.77. The second kappa shape index (κ2) is 10.3. The van der Waals surface area contributed by atoms with Gasteiger partial charge in [0.1, 0.15) is 22.8 Å². The van der Waals surface area contributed by atoms with Crippen LogP contribution in [0, 0.1) is 11.6 Å². The van der Waals surface area contributed by atoms with Crippen molar-refractivity contribution in [2.24, 2.45) is 5.73 Å². The van der Waals surface area contributed by atoms with E-state index in [1.54, 1.807) is 17.9 Å². The molecule has 1 aromatic carbocycles. The van der Waals surface area contributed by atoms with E-state index >= 15 is 0 Å². The fourth-order valence-corrected chi connectivity index (χ4v) is 3.12. The number of nitrogens with two attached hydrogens (primary N) is 1. The van der Waals surface area contributed by atoms with Gasteiger partial charge in [-0.3, -0.25) is 4.79 Å². The Morgan fingerprint density at radius 1 is 1.13 bits per heavy atom. The van der Waals surface area contributed by atoms with Crippen molar-refractivity contribution in [2.75, 3.05) is 33.5 Å². The van der Waals surface area contributed by atoms with Crippen LogP contribution in [-0.4, -0.2) is 54.1 Å². The number of nitrogens with zero attached hydrogens (tertiary/aromatic N) is 2. The number of hydrogen-bond donors (Lipinski definition) is 2. The summed E-state index contributed by atoms with van der Waals surface area (Å²) >= 11 is 0. The van der Waals surface area contributed by atoms with Crippen molar-refractivity contribution in [3.8, 4) is 5.88 Å². The molecule has 0 bridgehead atoms. The molecule has 0 radical (unpaired) electrons. The van der Waals surface area contributed by atoms with Gasteiger partial charge in [-0.25, -0.2) is 13.8 Å². The molecule has 0 unspecified atom stereocenters. The van der Waals surface area contributed by atoms with Gasteiger partial charge in [0.2, 0.25) is 5.88 Å². The third-order valence-electron chi connectivity index (χ3n) is 4.59. The fraction of sp³-hybridized carbons (Fsp3) is 0.333. The first-order valence-electron chi connectivity index (χ1n) is 9.50. The quantitative estimate of drug-likeness (QED) is 0.448. The van der Waals surface area contributed by atoms with E-state index in [-0.39, 0.29) is 29.9 Å². The maximum atomic E-state index is 14.1. The molecule has 0 aliphatic heterocycles. The van der Waals surface area contributed by atoms with Crippen LogP contribution in [0.25, 0.3) is 10.9 Å². The average molecular weight is 435 g/mol. The minimum absolute atomic E-state index is 0.00784. The molecule has 10 heteroatoms. The summed E-state index contributed by atoms with van der Waals surface area (Å²) in [6.07, 6.45) is 1.66. The maximum absolute atomic E-state index is 14.1. The Morgan fingerprint density at radius 2 is 1.87 bits per heavy atom. The number of carbonyl (C=O) groups excluding carboxylic acids is 1. The summed E-state index contributed by atoms with van der Waals surface area (Å²) < 4.78 is 44.8. The molecule has 0 spiro atoms. The number of benzene rings is 1. The van der Waals surface area contributed by atoms with Crippen LogP contribution >= 0.6 is 0 Å². The SMILES string of the molecule is COCCOCCOCc1cn(Cc2ccc(F)cc2F)c2c(O)nc(C(N)=O)cc12. The Kier molecular flexibility index (Phi) is 7.50. The van der Waals surface area contributed by atoms with Crippen molar-refractivity contribution in [3.05, 3.63) is 58.9 Å². The van der Waals surface area contributed by atoms with E-state index in [4.69, 9.17) is 19.9 Å². The normalized spacial score (nSPS) is 11.3. The van der Waals surface area contributed by atoms with Crippen molar-refractivity contribution in [1.29, 1.82) is 0 Å². The van der Waals surface area contributed by atoms with Crippen molar-refractivity contribution >= 4 is 16.8 Å². The van der Waals surface area contributed by atoms with E-state index in [0.717, 1.165) is 12.1 Å². The first-order chi connectivity index (χ1) is 14.9. The molecular formula is C21H23F2N3O5. The monoisotopic (exact) mass is 435 g/mol. The summed E-state index contributed by atoms with van der Waals surface area (Å²) in [5.41, 5.74) is 6.33. The lowest BCUT2D eigenvalue weighted by atomic mass is 10.2. The van der Waals surface area contributed by atoms with E-state index < -0.39 is 23.4 Å². The number of aromatic nitrogens is 2. The van der Waals surface area contributed by atoms with Gasteiger partial charge < -0.3 is 29.6 Å². The molecule has 0 aliphatic rings. The summed E-state index contributed by atoms with van der Waals surface area (Å²) in [5, 5.41) is 10.9. The van der Waals surface area contributed by atoms with Gasteiger partial charge in [-0.05, 0) is 12.1 Å². The highest BCUT2D eigenvalue weighted by molar-refractivity contribution is 5.97. The first kappa shape index (κ1) is 22.6. The molecule has 2 heterocycles. The van der Waals surface area contributed by atoms with E-state index in [9.17, 15) is 18.7 Å². The Balaban J connectivity index is 1.87. The zero-order valence-electron chi connectivity index (χ0n) is 16.9. The summed E-state index contributed by atoms with van der Waals surface area (Å²) in [7, 11) is 1.58. The topological polar surface area (TPSA) is 109 Å². The fourth-order valence-electron chi connectivity index (χ4n) is 3.12. The van der Waals surface area contributed by atoms with Crippen LogP contribution in [0.1, 0.15) is 21.6 Å².